The molecule has 33 heavy (non-hydrogen) atoms. The second-order valence-electron chi connectivity index (χ2n) is 8.41. The van der Waals surface area contributed by atoms with Crippen LogP contribution in [0.4, 0.5) is 5.69 Å². The van der Waals surface area contributed by atoms with E-state index in [1.165, 1.54) is 0 Å². The number of ether oxygens (including phenoxy) is 1. The molecule has 0 amide bonds. The van der Waals surface area contributed by atoms with Gasteiger partial charge in [0, 0.05) is 54.6 Å². The number of aryl methyl sites for hydroxylation is 1. The van der Waals surface area contributed by atoms with Crippen molar-refractivity contribution in [2.24, 2.45) is 0 Å². The highest BCUT2D eigenvalue weighted by Crippen LogP contribution is 2.24. The first-order chi connectivity index (χ1) is 16.0. The number of aliphatic hydroxyl groups is 1. The molecule has 0 aliphatic carbocycles. The molecule has 0 aromatic heterocycles. The number of β-amino-alcohol motifs (C(OH)–C–C–N with tert-alkyl or cyclic N) is 1. The van der Waals surface area contributed by atoms with Gasteiger partial charge >= 0.3 is 0 Å². The highest BCUT2D eigenvalue weighted by molar-refractivity contribution is 6.31. The number of carbonyl (C=O) groups excluding carboxylic acids is 1. The van der Waals surface area contributed by atoms with Crippen LogP contribution in [0.3, 0.4) is 0 Å². The summed E-state index contributed by atoms with van der Waals surface area (Å²) in [4.78, 5) is 17.1. The van der Waals surface area contributed by atoms with Crippen molar-refractivity contribution >= 4 is 23.1 Å². The fourth-order valence-electron chi connectivity index (χ4n) is 3.97. The normalized spacial score (nSPS) is 15.3. The van der Waals surface area contributed by atoms with Gasteiger partial charge in [0.2, 0.25) is 0 Å². The van der Waals surface area contributed by atoms with Crippen LogP contribution in [-0.4, -0.2) is 61.2 Å². The minimum Gasteiger partial charge on any atom is -0.491 e. The maximum Gasteiger partial charge on any atom is 0.193 e. The average molecular weight is 465 g/mol. The quantitative estimate of drug-likeness (QED) is 0.499. The summed E-state index contributed by atoms with van der Waals surface area (Å²) in [5.74, 6) is 0.619. The van der Waals surface area contributed by atoms with E-state index in [4.69, 9.17) is 16.3 Å². The Morgan fingerprint density at radius 3 is 2.30 bits per heavy atom. The molecule has 0 unspecified atom stereocenters. The summed E-state index contributed by atoms with van der Waals surface area (Å²) in [6.45, 7) is 6.31. The molecule has 1 aliphatic heterocycles. The van der Waals surface area contributed by atoms with E-state index in [1.54, 1.807) is 36.4 Å². The maximum atomic E-state index is 12.5. The van der Waals surface area contributed by atoms with Gasteiger partial charge in [0.05, 0.1) is 0 Å². The molecule has 0 radical (unpaired) electrons. The lowest BCUT2D eigenvalue weighted by atomic mass is 10.0. The van der Waals surface area contributed by atoms with Gasteiger partial charge in [-0.15, -0.1) is 0 Å². The van der Waals surface area contributed by atoms with Crippen molar-refractivity contribution in [3.63, 3.8) is 0 Å². The summed E-state index contributed by atoms with van der Waals surface area (Å²) in [6, 6.07) is 22.4. The highest BCUT2D eigenvalue weighted by Gasteiger charge is 2.20. The van der Waals surface area contributed by atoms with Gasteiger partial charge < -0.3 is 14.7 Å². The molecule has 4 rings (SSSR count). The molecule has 1 saturated heterocycles. The first kappa shape index (κ1) is 23.3. The first-order valence-corrected chi connectivity index (χ1v) is 11.6. The second kappa shape index (κ2) is 10.8. The number of rotatable bonds is 8. The van der Waals surface area contributed by atoms with Gasteiger partial charge in [-0.05, 0) is 48.9 Å². The third kappa shape index (κ3) is 6.14. The van der Waals surface area contributed by atoms with Crippen LogP contribution < -0.4 is 9.64 Å². The Bertz CT molecular complexity index is 1060. The molecule has 0 saturated carbocycles. The zero-order valence-electron chi connectivity index (χ0n) is 18.8. The SMILES string of the molecule is Cc1ccc(N2CCN(C[C@H](O)COc3ccc(C(=O)c4ccccc4)cc3)CC2)cc1Cl. The second-order valence-corrected chi connectivity index (χ2v) is 8.81. The smallest absolute Gasteiger partial charge is 0.193 e. The van der Waals surface area contributed by atoms with Gasteiger partial charge in [0.15, 0.2) is 5.78 Å². The van der Waals surface area contributed by atoms with Crippen molar-refractivity contribution in [2.75, 3.05) is 44.2 Å². The molecule has 1 heterocycles. The predicted molar refractivity (Wildman–Crippen MR) is 133 cm³/mol. The Hall–Kier alpha value is -2.86. The number of piperazine rings is 1. The van der Waals surface area contributed by atoms with Gasteiger partial charge in [-0.1, -0.05) is 48.0 Å². The molecule has 0 bridgehead atoms. The van der Waals surface area contributed by atoms with Gasteiger partial charge in [0.1, 0.15) is 18.5 Å². The number of aliphatic hydroxyl groups excluding tert-OH is 1. The lowest BCUT2D eigenvalue weighted by molar-refractivity contribution is 0.0663. The zero-order chi connectivity index (χ0) is 23.2. The average Bonchev–Trinajstić information content (AvgIpc) is 2.85. The molecule has 3 aromatic rings. The molecule has 1 N–H and O–H groups in total. The topological polar surface area (TPSA) is 53.0 Å². The van der Waals surface area contributed by atoms with E-state index in [0.717, 1.165) is 42.5 Å². The Labute approximate surface area is 200 Å². The Morgan fingerprint density at radius 1 is 0.970 bits per heavy atom. The number of nitrogens with zero attached hydrogens (tertiary/aromatic N) is 2. The van der Waals surface area contributed by atoms with Crippen LogP contribution in [-0.2, 0) is 0 Å². The summed E-state index contributed by atoms with van der Waals surface area (Å²) < 4.78 is 5.75. The minimum atomic E-state index is -0.587. The van der Waals surface area contributed by atoms with E-state index in [9.17, 15) is 9.90 Å². The molecule has 3 aromatic carbocycles. The van der Waals surface area contributed by atoms with E-state index in [-0.39, 0.29) is 12.4 Å². The molecule has 172 valence electrons. The third-order valence-corrected chi connectivity index (χ3v) is 6.36. The number of ketones is 1. The minimum absolute atomic E-state index is 0.0192. The third-order valence-electron chi connectivity index (χ3n) is 5.96. The van der Waals surface area contributed by atoms with E-state index >= 15 is 0 Å². The van der Waals surface area contributed by atoms with Gasteiger partial charge in [-0.3, -0.25) is 9.69 Å². The molecule has 5 nitrogen and oxygen atoms in total. The van der Waals surface area contributed by atoms with Crippen LogP contribution in [0.25, 0.3) is 0 Å². The van der Waals surface area contributed by atoms with Gasteiger partial charge in [-0.25, -0.2) is 0 Å². The fraction of sp³-hybridized carbons (Fsp3) is 0.296. The molecular weight excluding hydrogens is 436 g/mol. The van der Waals surface area contributed by atoms with E-state index in [1.807, 2.05) is 31.2 Å². The fourth-order valence-corrected chi connectivity index (χ4v) is 4.14. The van der Waals surface area contributed by atoms with Gasteiger partial charge in [0.25, 0.3) is 0 Å². The van der Waals surface area contributed by atoms with Crippen LogP contribution in [0, 0.1) is 6.92 Å². The molecular formula is C27H29ClN2O3. The molecule has 6 heteroatoms. The number of hydrogen-bond donors (Lipinski definition) is 1. The van der Waals surface area contributed by atoms with Crippen molar-refractivity contribution < 1.29 is 14.6 Å². The number of carbonyl (C=O) groups is 1. The van der Waals surface area contributed by atoms with Crippen molar-refractivity contribution in [3.8, 4) is 5.75 Å². The first-order valence-electron chi connectivity index (χ1n) is 11.2. The lowest BCUT2D eigenvalue weighted by Gasteiger charge is -2.37. The molecule has 1 aliphatic rings. The van der Waals surface area contributed by atoms with E-state index in [2.05, 4.69) is 21.9 Å². The number of anilines is 1. The Morgan fingerprint density at radius 2 is 1.64 bits per heavy atom. The summed E-state index contributed by atoms with van der Waals surface area (Å²) >= 11 is 6.27. The predicted octanol–water partition coefficient (Wildman–Crippen LogP) is 4.44. The van der Waals surface area contributed by atoms with Crippen molar-refractivity contribution in [1.29, 1.82) is 0 Å². The lowest BCUT2D eigenvalue weighted by Crippen LogP contribution is -2.49. The Balaban J connectivity index is 1.21. The van der Waals surface area contributed by atoms with Crippen LogP contribution in [0.15, 0.2) is 72.8 Å². The number of benzene rings is 3. The summed E-state index contributed by atoms with van der Waals surface area (Å²) in [7, 11) is 0. The van der Waals surface area contributed by atoms with Crippen molar-refractivity contribution in [3.05, 3.63) is 94.5 Å². The zero-order valence-corrected chi connectivity index (χ0v) is 19.5. The van der Waals surface area contributed by atoms with Crippen molar-refractivity contribution in [1.82, 2.24) is 4.90 Å². The summed E-state index contributed by atoms with van der Waals surface area (Å²) in [5.41, 5.74) is 3.50. The molecule has 1 atom stereocenters. The van der Waals surface area contributed by atoms with Crippen LogP contribution in [0.1, 0.15) is 21.5 Å². The molecule has 0 spiro atoms. The number of hydrogen-bond acceptors (Lipinski definition) is 5. The molecule has 1 fully saturated rings. The maximum absolute atomic E-state index is 12.5. The van der Waals surface area contributed by atoms with E-state index in [0.29, 0.717) is 23.4 Å². The largest absolute Gasteiger partial charge is 0.491 e. The van der Waals surface area contributed by atoms with Crippen molar-refractivity contribution in [2.45, 2.75) is 13.0 Å². The van der Waals surface area contributed by atoms with E-state index < -0.39 is 6.10 Å². The summed E-state index contributed by atoms with van der Waals surface area (Å²) in [5, 5.41) is 11.2. The highest BCUT2D eigenvalue weighted by atomic mass is 35.5. The Kier molecular flexibility index (Phi) is 7.65. The van der Waals surface area contributed by atoms with Gasteiger partial charge in [-0.2, -0.15) is 0 Å². The van der Waals surface area contributed by atoms with Crippen LogP contribution >= 0.6 is 11.6 Å². The van der Waals surface area contributed by atoms with Crippen LogP contribution in [0.2, 0.25) is 5.02 Å². The number of halogens is 1. The summed E-state index contributed by atoms with van der Waals surface area (Å²) in [6.07, 6.45) is -0.587. The van der Waals surface area contributed by atoms with Crippen LogP contribution in [0.5, 0.6) is 5.75 Å². The standard InChI is InChI=1S/C27H29ClN2O3/c1-20-7-10-23(17-26(20)28)30-15-13-29(14-16-30)18-24(31)19-33-25-11-8-22(9-12-25)27(32)21-5-3-2-4-6-21/h2-12,17,24,31H,13-16,18-19H2,1H3/t24-/m0/s1. The monoisotopic (exact) mass is 464 g/mol.